The van der Waals surface area contributed by atoms with Gasteiger partial charge in [-0.15, -0.1) is 0 Å². The molecule has 2 unspecified atom stereocenters. The van der Waals surface area contributed by atoms with Crippen molar-refractivity contribution in [3.05, 3.63) is 29.8 Å². The second-order valence-electron chi connectivity index (χ2n) is 6.31. The van der Waals surface area contributed by atoms with Crippen LogP contribution in [0.3, 0.4) is 0 Å². The Morgan fingerprint density at radius 1 is 1.20 bits per heavy atom. The Morgan fingerprint density at radius 2 is 2.05 bits per heavy atom. The van der Waals surface area contributed by atoms with Crippen molar-refractivity contribution < 1.29 is 0 Å². The van der Waals surface area contributed by atoms with Crippen LogP contribution in [0.15, 0.2) is 24.3 Å². The fraction of sp³-hybridized carbons (Fsp3) is 0.647. The number of piperazine rings is 1. The Balaban J connectivity index is 1.82. The van der Waals surface area contributed by atoms with E-state index in [1.807, 2.05) is 0 Å². The molecule has 2 saturated heterocycles. The normalized spacial score (nSPS) is 27.4. The van der Waals surface area contributed by atoms with Crippen LogP contribution in [0.5, 0.6) is 0 Å². The van der Waals surface area contributed by atoms with Crippen molar-refractivity contribution in [2.45, 2.75) is 44.7 Å². The van der Waals surface area contributed by atoms with Gasteiger partial charge in [-0.05, 0) is 50.9 Å². The van der Waals surface area contributed by atoms with E-state index >= 15 is 0 Å². The second kappa shape index (κ2) is 6.15. The molecule has 0 spiro atoms. The number of nitrogens with zero attached hydrogens (tertiary/aromatic N) is 2. The molecule has 2 aliphatic rings. The summed E-state index contributed by atoms with van der Waals surface area (Å²) >= 11 is 0. The molecule has 0 saturated carbocycles. The Labute approximate surface area is 122 Å². The van der Waals surface area contributed by atoms with Gasteiger partial charge in [0.1, 0.15) is 0 Å². The van der Waals surface area contributed by atoms with Gasteiger partial charge in [0.15, 0.2) is 0 Å². The van der Waals surface area contributed by atoms with E-state index in [0.29, 0.717) is 6.04 Å². The monoisotopic (exact) mass is 273 g/mol. The number of benzene rings is 1. The first-order valence-electron chi connectivity index (χ1n) is 8.08. The van der Waals surface area contributed by atoms with E-state index in [4.69, 9.17) is 5.73 Å². The van der Waals surface area contributed by atoms with Crippen LogP contribution in [0.25, 0.3) is 0 Å². The summed E-state index contributed by atoms with van der Waals surface area (Å²) in [5.74, 6) is 0. The molecule has 2 fully saturated rings. The third-order valence-electron chi connectivity index (χ3n) is 4.90. The number of hydrogen-bond acceptors (Lipinski definition) is 3. The molecule has 0 radical (unpaired) electrons. The summed E-state index contributed by atoms with van der Waals surface area (Å²) in [6.45, 7) is 6.79. The molecule has 0 aliphatic carbocycles. The van der Waals surface area contributed by atoms with Gasteiger partial charge in [-0.1, -0.05) is 24.6 Å². The zero-order valence-corrected chi connectivity index (χ0v) is 12.6. The Hall–Kier alpha value is -1.06. The van der Waals surface area contributed by atoms with Crippen molar-refractivity contribution in [1.82, 2.24) is 4.90 Å². The second-order valence-corrected chi connectivity index (χ2v) is 6.31. The van der Waals surface area contributed by atoms with Crippen LogP contribution in [0, 0.1) is 0 Å². The largest absolute Gasteiger partial charge is 0.366 e. The van der Waals surface area contributed by atoms with Gasteiger partial charge in [-0.2, -0.15) is 0 Å². The lowest BCUT2D eigenvalue weighted by Gasteiger charge is -2.49. The molecule has 0 amide bonds. The average Bonchev–Trinajstić information content (AvgIpc) is 2.48. The van der Waals surface area contributed by atoms with E-state index in [0.717, 1.165) is 19.0 Å². The summed E-state index contributed by atoms with van der Waals surface area (Å²) in [6.07, 6.45) is 5.12. The van der Waals surface area contributed by atoms with Gasteiger partial charge in [0.25, 0.3) is 0 Å². The van der Waals surface area contributed by atoms with Crippen LogP contribution >= 0.6 is 0 Å². The summed E-state index contributed by atoms with van der Waals surface area (Å²) in [4.78, 5) is 5.33. The van der Waals surface area contributed by atoms with Gasteiger partial charge < -0.3 is 10.6 Å². The van der Waals surface area contributed by atoms with Crippen molar-refractivity contribution >= 4 is 5.69 Å². The number of para-hydroxylation sites is 1. The molecule has 3 rings (SSSR count). The van der Waals surface area contributed by atoms with Crippen molar-refractivity contribution in [2.24, 2.45) is 5.73 Å². The van der Waals surface area contributed by atoms with Crippen LogP contribution in [-0.4, -0.2) is 43.2 Å². The molecule has 1 aromatic rings. The minimum atomic E-state index is 0.600. The van der Waals surface area contributed by atoms with E-state index in [9.17, 15) is 0 Å². The number of fused-ring (bicyclic) bond motifs is 1. The maximum absolute atomic E-state index is 5.77. The molecule has 20 heavy (non-hydrogen) atoms. The fourth-order valence-corrected chi connectivity index (χ4v) is 3.85. The van der Waals surface area contributed by atoms with Gasteiger partial charge in [0.05, 0.1) is 0 Å². The van der Waals surface area contributed by atoms with E-state index in [2.05, 4.69) is 41.0 Å². The molecule has 0 bridgehead atoms. The number of anilines is 1. The highest BCUT2D eigenvalue weighted by atomic mass is 15.3. The standard InChI is InChI=1S/C17H27N3/c1-14-12-19-11-5-4-7-16(19)13-20(14)17-8-3-2-6-15(17)9-10-18/h2-3,6,8,14,16H,4-5,7,9-13,18H2,1H3. The lowest BCUT2D eigenvalue weighted by Crippen LogP contribution is -2.59. The quantitative estimate of drug-likeness (QED) is 0.917. The smallest absolute Gasteiger partial charge is 0.0402 e. The zero-order chi connectivity index (χ0) is 13.9. The maximum atomic E-state index is 5.77. The van der Waals surface area contributed by atoms with Crippen LogP contribution in [0.1, 0.15) is 31.7 Å². The molecule has 2 aliphatic heterocycles. The molecule has 2 heterocycles. The predicted octanol–water partition coefficient (Wildman–Crippen LogP) is 2.25. The highest BCUT2D eigenvalue weighted by Crippen LogP contribution is 2.30. The summed E-state index contributed by atoms with van der Waals surface area (Å²) < 4.78 is 0. The van der Waals surface area contributed by atoms with Crippen molar-refractivity contribution in [2.75, 3.05) is 31.1 Å². The van der Waals surface area contributed by atoms with Gasteiger partial charge in [0.2, 0.25) is 0 Å². The Kier molecular flexibility index (Phi) is 4.27. The van der Waals surface area contributed by atoms with Crippen LogP contribution in [0.2, 0.25) is 0 Å². The van der Waals surface area contributed by atoms with Gasteiger partial charge in [-0.25, -0.2) is 0 Å². The van der Waals surface area contributed by atoms with E-state index in [1.54, 1.807) is 0 Å². The minimum Gasteiger partial charge on any atom is -0.366 e. The third-order valence-corrected chi connectivity index (χ3v) is 4.90. The van der Waals surface area contributed by atoms with Crippen LogP contribution < -0.4 is 10.6 Å². The lowest BCUT2D eigenvalue weighted by atomic mass is 9.95. The molecular formula is C17H27N3. The Morgan fingerprint density at radius 3 is 2.90 bits per heavy atom. The molecule has 3 nitrogen and oxygen atoms in total. The van der Waals surface area contributed by atoms with Gasteiger partial charge >= 0.3 is 0 Å². The average molecular weight is 273 g/mol. The molecule has 0 aromatic heterocycles. The first kappa shape index (κ1) is 13.9. The van der Waals surface area contributed by atoms with Crippen molar-refractivity contribution in [1.29, 1.82) is 0 Å². The number of piperidine rings is 1. The van der Waals surface area contributed by atoms with Crippen molar-refractivity contribution in [3.63, 3.8) is 0 Å². The topological polar surface area (TPSA) is 32.5 Å². The number of nitrogens with two attached hydrogens (primary N) is 1. The predicted molar refractivity (Wildman–Crippen MR) is 85.2 cm³/mol. The third kappa shape index (κ3) is 2.70. The lowest BCUT2D eigenvalue weighted by molar-refractivity contribution is 0.115. The van der Waals surface area contributed by atoms with Crippen molar-refractivity contribution in [3.8, 4) is 0 Å². The number of rotatable bonds is 3. The zero-order valence-electron chi connectivity index (χ0n) is 12.6. The Bertz CT molecular complexity index is 446. The van der Waals surface area contributed by atoms with Gasteiger partial charge in [-0.3, -0.25) is 4.90 Å². The molecule has 1 aromatic carbocycles. The molecular weight excluding hydrogens is 246 g/mol. The first-order chi connectivity index (χ1) is 9.79. The van der Waals surface area contributed by atoms with E-state index in [1.165, 1.54) is 50.1 Å². The van der Waals surface area contributed by atoms with E-state index in [-0.39, 0.29) is 0 Å². The molecule has 2 atom stereocenters. The van der Waals surface area contributed by atoms with Crippen LogP contribution in [-0.2, 0) is 6.42 Å². The van der Waals surface area contributed by atoms with Gasteiger partial charge in [0, 0.05) is 30.9 Å². The fourth-order valence-electron chi connectivity index (χ4n) is 3.85. The highest BCUT2D eigenvalue weighted by molar-refractivity contribution is 5.55. The summed E-state index contributed by atoms with van der Waals surface area (Å²) in [6, 6.07) is 10.2. The highest BCUT2D eigenvalue weighted by Gasteiger charge is 2.33. The molecule has 110 valence electrons. The maximum Gasteiger partial charge on any atom is 0.0402 e. The van der Waals surface area contributed by atoms with Crippen LogP contribution in [0.4, 0.5) is 5.69 Å². The summed E-state index contributed by atoms with van der Waals surface area (Å²) in [5, 5.41) is 0. The first-order valence-corrected chi connectivity index (χ1v) is 8.08. The summed E-state index contributed by atoms with van der Waals surface area (Å²) in [7, 11) is 0. The molecule has 2 N–H and O–H groups in total. The minimum absolute atomic E-state index is 0.600. The molecule has 3 heteroatoms. The summed E-state index contributed by atoms with van der Waals surface area (Å²) in [5.41, 5.74) is 8.59. The van der Waals surface area contributed by atoms with E-state index < -0.39 is 0 Å². The number of hydrogen-bond donors (Lipinski definition) is 1. The SMILES string of the molecule is CC1CN2CCCCC2CN1c1ccccc1CCN.